The molecule has 1 amide bonds. The van der Waals surface area contributed by atoms with Gasteiger partial charge in [0.2, 0.25) is 0 Å². The van der Waals surface area contributed by atoms with Gasteiger partial charge in [0, 0.05) is 6.04 Å². The summed E-state index contributed by atoms with van der Waals surface area (Å²) in [5.74, 6) is 2.66. The molecule has 5 aliphatic rings. The maximum atomic E-state index is 12.8. The summed E-state index contributed by atoms with van der Waals surface area (Å²) >= 11 is 0. The first-order valence-electron chi connectivity index (χ1n) is 10.5. The molecule has 4 aliphatic carbocycles. The van der Waals surface area contributed by atoms with Crippen LogP contribution in [-0.2, 0) is 0 Å². The number of piperidine rings is 1. The van der Waals surface area contributed by atoms with Crippen molar-refractivity contribution < 1.29 is 4.79 Å². The molecule has 5 fully saturated rings. The number of nitrogens with one attached hydrogen (secondary N) is 2. The van der Waals surface area contributed by atoms with Crippen molar-refractivity contribution >= 4 is 18.3 Å². The van der Waals surface area contributed by atoms with Crippen LogP contribution in [0.3, 0.4) is 0 Å². The topological polar surface area (TPSA) is 71.8 Å². The number of halogens is 1. The van der Waals surface area contributed by atoms with Crippen molar-refractivity contribution in [1.82, 2.24) is 25.6 Å². The molecular weight excluding hydrogens is 362 g/mol. The van der Waals surface area contributed by atoms with Gasteiger partial charge in [-0.15, -0.1) is 17.5 Å². The molecular formula is C20H32ClN5O. The van der Waals surface area contributed by atoms with Crippen LogP contribution < -0.4 is 10.6 Å². The van der Waals surface area contributed by atoms with Gasteiger partial charge in [0.15, 0.2) is 5.69 Å². The molecule has 1 aromatic heterocycles. The summed E-state index contributed by atoms with van der Waals surface area (Å²) in [5.41, 5.74) is 0.801. The zero-order chi connectivity index (χ0) is 17.7. The van der Waals surface area contributed by atoms with Crippen LogP contribution in [0.15, 0.2) is 6.20 Å². The molecule has 1 unspecified atom stereocenters. The first-order chi connectivity index (χ1) is 12.6. The van der Waals surface area contributed by atoms with Gasteiger partial charge in [-0.3, -0.25) is 4.79 Å². The Hall–Kier alpha value is -1.14. The van der Waals surface area contributed by atoms with E-state index in [0.29, 0.717) is 17.2 Å². The highest BCUT2D eigenvalue weighted by molar-refractivity contribution is 5.92. The second-order valence-electron chi connectivity index (χ2n) is 9.54. The average Bonchev–Trinajstić information content (AvgIpc) is 3.11. The highest BCUT2D eigenvalue weighted by Gasteiger charge is 2.53. The molecule has 1 aliphatic heterocycles. The average molecular weight is 394 g/mol. The van der Waals surface area contributed by atoms with Crippen molar-refractivity contribution in [2.24, 2.45) is 23.2 Å². The SMILES string of the molecule is CC(NC(=O)c1cn(C2CCNCC2)nn1)C12CC3CC(CC(C3)C1)C2.Cl. The first kappa shape index (κ1) is 19.2. The van der Waals surface area contributed by atoms with Gasteiger partial charge >= 0.3 is 0 Å². The molecule has 1 aromatic rings. The second kappa shape index (κ2) is 7.36. The van der Waals surface area contributed by atoms with Crippen LogP contribution >= 0.6 is 12.4 Å². The summed E-state index contributed by atoms with van der Waals surface area (Å²) in [6, 6.07) is 0.596. The predicted molar refractivity (Wildman–Crippen MR) is 106 cm³/mol. The number of amides is 1. The predicted octanol–water partition coefficient (Wildman–Crippen LogP) is 2.96. The van der Waals surface area contributed by atoms with Gasteiger partial charge in [0.1, 0.15) is 0 Å². The van der Waals surface area contributed by atoms with Crippen molar-refractivity contribution in [3.05, 3.63) is 11.9 Å². The molecule has 6 rings (SSSR count). The monoisotopic (exact) mass is 393 g/mol. The Bertz CT molecular complexity index is 648. The van der Waals surface area contributed by atoms with Crippen LogP contribution in [0.2, 0.25) is 0 Å². The molecule has 4 bridgehead atoms. The zero-order valence-electron chi connectivity index (χ0n) is 16.2. The van der Waals surface area contributed by atoms with Crippen LogP contribution in [0.1, 0.15) is 74.8 Å². The van der Waals surface area contributed by atoms with Crippen LogP contribution in [-0.4, -0.2) is 40.0 Å². The lowest BCUT2D eigenvalue weighted by molar-refractivity contribution is -0.0688. The van der Waals surface area contributed by atoms with Gasteiger partial charge in [-0.05, 0) is 94.5 Å². The summed E-state index contributed by atoms with van der Waals surface area (Å²) in [6.45, 7) is 4.24. The summed E-state index contributed by atoms with van der Waals surface area (Å²) in [7, 11) is 0. The number of nitrogens with zero attached hydrogens (tertiary/aromatic N) is 3. The van der Waals surface area contributed by atoms with Gasteiger partial charge in [-0.1, -0.05) is 5.21 Å². The molecule has 2 heterocycles. The third-order valence-electron chi connectivity index (χ3n) is 7.78. The lowest BCUT2D eigenvalue weighted by atomic mass is 9.48. The van der Waals surface area contributed by atoms with E-state index in [0.717, 1.165) is 43.7 Å². The molecule has 2 N–H and O–H groups in total. The zero-order valence-corrected chi connectivity index (χ0v) is 17.0. The van der Waals surface area contributed by atoms with E-state index in [1.165, 1.54) is 38.5 Å². The molecule has 7 heteroatoms. The third-order valence-corrected chi connectivity index (χ3v) is 7.78. The van der Waals surface area contributed by atoms with E-state index in [2.05, 4.69) is 27.9 Å². The molecule has 0 radical (unpaired) electrons. The minimum absolute atomic E-state index is 0. The van der Waals surface area contributed by atoms with E-state index in [1.54, 1.807) is 0 Å². The fraction of sp³-hybridized carbons (Fsp3) is 0.850. The Labute approximate surface area is 167 Å². The molecule has 150 valence electrons. The maximum absolute atomic E-state index is 12.8. The van der Waals surface area contributed by atoms with Gasteiger partial charge in [0.05, 0.1) is 12.2 Å². The highest BCUT2D eigenvalue weighted by Crippen LogP contribution is 2.61. The van der Waals surface area contributed by atoms with Crippen LogP contribution in [0.5, 0.6) is 0 Å². The summed E-state index contributed by atoms with van der Waals surface area (Å²) < 4.78 is 1.89. The van der Waals surface area contributed by atoms with Crippen LogP contribution in [0.25, 0.3) is 0 Å². The maximum Gasteiger partial charge on any atom is 0.273 e. The molecule has 1 saturated heterocycles. The smallest absolute Gasteiger partial charge is 0.273 e. The van der Waals surface area contributed by atoms with Crippen molar-refractivity contribution in [3.8, 4) is 0 Å². The fourth-order valence-corrected chi connectivity index (χ4v) is 6.76. The first-order valence-corrected chi connectivity index (χ1v) is 10.5. The standard InChI is InChI=1S/C20H31N5O.ClH/c1-13(20-9-14-6-15(10-20)8-16(7-14)11-20)22-19(26)18-12-25(24-23-18)17-2-4-21-5-3-17;/h12-17,21H,2-11H2,1H3,(H,22,26);1H. The van der Waals surface area contributed by atoms with E-state index in [4.69, 9.17) is 0 Å². The largest absolute Gasteiger partial charge is 0.348 e. The van der Waals surface area contributed by atoms with Crippen molar-refractivity contribution in [3.63, 3.8) is 0 Å². The molecule has 1 atom stereocenters. The lowest BCUT2D eigenvalue weighted by Crippen LogP contribution is -2.55. The molecule has 6 nitrogen and oxygen atoms in total. The normalized spacial score (nSPS) is 36.3. The van der Waals surface area contributed by atoms with E-state index >= 15 is 0 Å². The Morgan fingerprint density at radius 3 is 2.37 bits per heavy atom. The minimum Gasteiger partial charge on any atom is -0.348 e. The molecule has 4 saturated carbocycles. The third kappa shape index (κ3) is 3.51. The number of hydrogen-bond acceptors (Lipinski definition) is 4. The Kier molecular flexibility index (Phi) is 5.23. The van der Waals surface area contributed by atoms with Gasteiger partial charge < -0.3 is 10.6 Å². The summed E-state index contributed by atoms with van der Waals surface area (Å²) in [4.78, 5) is 12.8. The van der Waals surface area contributed by atoms with E-state index < -0.39 is 0 Å². The second-order valence-corrected chi connectivity index (χ2v) is 9.54. The summed E-state index contributed by atoms with van der Waals surface area (Å²) in [5, 5.41) is 15.1. The van der Waals surface area contributed by atoms with Crippen molar-refractivity contribution in [1.29, 1.82) is 0 Å². The molecule has 0 spiro atoms. The van der Waals surface area contributed by atoms with Crippen LogP contribution in [0.4, 0.5) is 0 Å². The number of hydrogen-bond donors (Lipinski definition) is 2. The molecule has 0 aromatic carbocycles. The number of aromatic nitrogens is 3. The number of carbonyl (C=O) groups excluding carboxylic acids is 1. The lowest BCUT2D eigenvalue weighted by Gasteiger charge is -2.59. The van der Waals surface area contributed by atoms with Crippen LogP contribution in [0, 0.1) is 23.2 Å². The van der Waals surface area contributed by atoms with E-state index in [1.807, 2.05) is 10.9 Å². The minimum atomic E-state index is -0.0478. The number of rotatable bonds is 4. The fourth-order valence-electron chi connectivity index (χ4n) is 6.76. The van der Waals surface area contributed by atoms with Gasteiger partial charge in [-0.25, -0.2) is 4.68 Å². The Morgan fingerprint density at radius 1 is 1.19 bits per heavy atom. The quantitative estimate of drug-likeness (QED) is 0.824. The highest BCUT2D eigenvalue weighted by atomic mass is 35.5. The summed E-state index contributed by atoms with van der Waals surface area (Å²) in [6.07, 6.45) is 12.2. The van der Waals surface area contributed by atoms with E-state index in [-0.39, 0.29) is 24.4 Å². The van der Waals surface area contributed by atoms with Crippen molar-refractivity contribution in [2.45, 2.75) is 70.4 Å². The van der Waals surface area contributed by atoms with Gasteiger partial charge in [0.25, 0.3) is 5.91 Å². The number of carbonyl (C=O) groups is 1. The Morgan fingerprint density at radius 2 is 1.78 bits per heavy atom. The van der Waals surface area contributed by atoms with E-state index in [9.17, 15) is 4.79 Å². The Balaban J connectivity index is 0.00000180. The van der Waals surface area contributed by atoms with Gasteiger partial charge in [-0.2, -0.15) is 0 Å². The van der Waals surface area contributed by atoms with Crippen molar-refractivity contribution in [2.75, 3.05) is 13.1 Å². The molecule has 27 heavy (non-hydrogen) atoms.